The zero-order valence-electron chi connectivity index (χ0n) is 55.8. The molecule has 8 aromatic carbocycles. The molecule has 3 aliphatic carbocycles. The number of para-hydroxylation sites is 1. The molecule has 0 spiro atoms. The molecule has 0 unspecified atom stereocenters. The van der Waals surface area contributed by atoms with Crippen LogP contribution in [-0.2, 0) is 43.3 Å². The van der Waals surface area contributed by atoms with Crippen LogP contribution >= 0.6 is 0 Å². The van der Waals surface area contributed by atoms with Crippen LogP contribution in [-0.4, -0.2) is 6.71 Å². The molecule has 0 atom stereocenters. The van der Waals surface area contributed by atoms with Gasteiger partial charge in [0.15, 0.2) is 0 Å². The summed E-state index contributed by atoms with van der Waals surface area (Å²) >= 11 is 0. The predicted molar refractivity (Wildman–Crippen MR) is 375 cm³/mol. The minimum atomic E-state index is -0.234. The fraction of sp³-hybridized carbons (Fsp3) is 0.390. The molecule has 6 heteroatoms. The molecule has 0 fully saturated rings. The molecule has 88 heavy (non-hydrogen) atoms. The van der Waals surface area contributed by atoms with Crippen LogP contribution in [0.3, 0.4) is 0 Å². The highest BCUT2D eigenvalue weighted by atomic mass is 16.3. The second kappa shape index (κ2) is 18.6. The van der Waals surface area contributed by atoms with E-state index in [4.69, 9.17) is 8.83 Å². The van der Waals surface area contributed by atoms with E-state index in [0.717, 1.165) is 106 Å². The number of hydrogen-bond acceptors (Lipinski definition) is 5. The van der Waals surface area contributed by atoms with Crippen LogP contribution in [0.1, 0.15) is 208 Å². The maximum atomic E-state index is 7.75. The normalized spacial score (nSPS) is 19.0. The molecule has 0 N–H and O–H groups in total. The number of furan rings is 2. The van der Waals surface area contributed by atoms with E-state index in [-0.39, 0.29) is 50.0 Å². The van der Waals surface area contributed by atoms with Gasteiger partial charge < -0.3 is 23.5 Å². The Morgan fingerprint density at radius 3 is 1.42 bits per heavy atom. The van der Waals surface area contributed by atoms with Crippen molar-refractivity contribution in [2.45, 2.75) is 206 Å². The van der Waals surface area contributed by atoms with E-state index in [9.17, 15) is 0 Å². The smallest absolute Gasteiger partial charge is 0.297 e. The number of hydrogen-bond donors (Lipinski definition) is 0. The number of benzene rings is 8. The fourth-order valence-electron chi connectivity index (χ4n) is 16.5. The Balaban J connectivity index is 1.12. The summed E-state index contributed by atoms with van der Waals surface area (Å²) < 4.78 is 14.3. The van der Waals surface area contributed by atoms with Gasteiger partial charge in [0.2, 0.25) is 0 Å². The van der Waals surface area contributed by atoms with Crippen LogP contribution in [0.2, 0.25) is 0 Å². The van der Waals surface area contributed by atoms with E-state index < -0.39 is 0 Å². The van der Waals surface area contributed by atoms with Gasteiger partial charge in [0.1, 0.15) is 16.7 Å². The second-order valence-electron chi connectivity index (χ2n) is 33.4. The van der Waals surface area contributed by atoms with Crippen molar-refractivity contribution in [3.8, 4) is 0 Å². The molecule has 0 amide bonds. The molecule has 0 saturated carbocycles. The van der Waals surface area contributed by atoms with Gasteiger partial charge in [-0.2, -0.15) is 0 Å². The first-order valence-electron chi connectivity index (χ1n) is 33.0. The number of anilines is 9. The number of rotatable bonds is 5. The molecular weight excluding hydrogens is 1070 g/mol. The summed E-state index contributed by atoms with van der Waals surface area (Å²) in [5.41, 5.74) is 27.7. The standard InChI is InChI=1S/C82H90BN3O2/c1-75(2,3)49-23-26-51(27-24-49)84(52-30-34-70-57(42-52)56-21-19-20-22-69(56)87-70)55-45-67-72-68(46-55)86(54-29-32-60-62(44-54)80(13,14)38-36-78(60,9)10)73-58-41-50(76(4,5)6)25-33-71(58)88-74(73)83(72)65-47-63-64(82(17,18)40-39-81(63,15)16)48-66(65)85(67)53-28-31-59-61(43-53)79(11,12)37-35-77(59,7)8/h19-34,41-48H,35-40H2,1-18H3. The summed E-state index contributed by atoms with van der Waals surface area (Å²) in [6.45, 7) is 43.4. The van der Waals surface area contributed by atoms with Crippen molar-refractivity contribution in [1.29, 1.82) is 0 Å². The molecule has 2 aliphatic heterocycles. The summed E-state index contributed by atoms with van der Waals surface area (Å²) in [5.74, 6) is 0. The number of nitrogens with zero attached hydrogens (tertiary/aromatic N) is 3. The Morgan fingerprint density at radius 2 is 0.841 bits per heavy atom. The van der Waals surface area contributed by atoms with Gasteiger partial charge in [-0.05, 0) is 228 Å². The Morgan fingerprint density at radius 1 is 0.375 bits per heavy atom. The molecule has 2 aromatic heterocycles. The van der Waals surface area contributed by atoms with Gasteiger partial charge in [0, 0.05) is 56.0 Å². The van der Waals surface area contributed by atoms with E-state index in [1.54, 1.807) is 0 Å². The zero-order chi connectivity index (χ0) is 61.9. The van der Waals surface area contributed by atoms with E-state index in [1.165, 1.54) is 78.2 Å². The molecule has 4 heterocycles. The minimum absolute atomic E-state index is 0.0161. The topological polar surface area (TPSA) is 36.0 Å². The summed E-state index contributed by atoms with van der Waals surface area (Å²) in [5, 5.41) is 3.35. The van der Waals surface area contributed by atoms with Crippen molar-refractivity contribution >= 4 is 107 Å². The maximum Gasteiger partial charge on any atom is 0.297 e. The van der Waals surface area contributed by atoms with Crippen LogP contribution in [0, 0.1) is 0 Å². The van der Waals surface area contributed by atoms with Crippen LogP contribution in [0.4, 0.5) is 51.2 Å². The third kappa shape index (κ3) is 8.59. The predicted octanol–water partition coefficient (Wildman–Crippen LogP) is 21.5. The maximum absolute atomic E-state index is 7.75. The molecule has 5 aliphatic rings. The van der Waals surface area contributed by atoms with Gasteiger partial charge >= 0.3 is 0 Å². The van der Waals surface area contributed by atoms with Gasteiger partial charge in [-0.1, -0.05) is 179 Å². The molecule has 0 bridgehead atoms. The fourth-order valence-corrected chi connectivity index (χ4v) is 16.5. The first kappa shape index (κ1) is 57.0. The summed E-state index contributed by atoms with van der Waals surface area (Å²) in [6.07, 6.45) is 6.80. The quantitative estimate of drug-likeness (QED) is 0.161. The van der Waals surface area contributed by atoms with Gasteiger partial charge in [0.05, 0.1) is 17.0 Å². The third-order valence-electron chi connectivity index (χ3n) is 22.5. The van der Waals surface area contributed by atoms with Crippen molar-refractivity contribution in [1.82, 2.24) is 0 Å². The minimum Gasteiger partial charge on any atom is -0.468 e. The van der Waals surface area contributed by atoms with E-state index in [0.29, 0.717) is 0 Å². The number of fused-ring (bicyclic) bond motifs is 12. The summed E-state index contributed by atoms with van der Waals surface area (Å²) in [4.78, 5) is 7.90. The Labute approximate surface area is 524 Å². The molecular formula is C82H90BN3O2. The molecule has 5 nitrogen and oxygen atoms in total. The molecule has 15 rings (SSSR count). The Hall–Kier alpha value is -7.44. The van der Waals surface area contributed by atoms with E-state index in [2.05, 4.69) is 285 Å². The first-order chi connectivity index (χ1) is 41.3. The van der Waals surface area contributed by atoms with Crippen molar-refractivity contribution < 1.29 is 8.83 Å². The van der Waals surface area contributed by atoms with Gasteiger partial charge in [-0.25, -0.2) is 0 Å². The van der Waals surface area contributed by atoms with Crippen molar-refractivity contribution in [3.05, 3.63) is 190 Å². The van der Waals surface area contributed by atoms with Gasteiger partial charge in [0.25, 0.3) is 6.71 Å². The van der Waals surface area contributed by atoms with Crippen molar-refractivity contribution in [2.75, 3.05) is 14.7 Å². The van der Waals surface area contributed by atoms with Crippen molar-refractivity contribution in [3.63, 3.8) is 0 Å². The van der Waals surface area contributed by atoms with Crippen LogP contribution in [0.15, 0.2) is 154 Å². The van der Waals surface area contributed by atoms with Gasteiger partial charge in [-0.15, -0.1) is 0 Å². The first-order valence-corrected chi connectivity index (χ1v) is 33.0. The van der Waals surface area contributed by atoms with Crippen LogP contribution < -0.4 is 31.3 Å². The summed E-state index contributed by atoms with van der Waals surface area (Å²) in [6, 6.07) is 57.2. The average Bonchev–Trinajstić information content (AvgIpc) is 1.01. The SMILES string of the molecule is CC(C)(C)c1ccc(N(c2cc3c4c(c2)N(c2ccc5c(c2)C(C)(C)CCC5(C)C)c2c(oc5ccc(C(C)(C)C)cc25)B4c2cc4c(cc2N3c2ccc3c(c2)C(C)(C)CCC3(C)C)C(C)(C)CCC4(C)C)c2ccc3oc4ccccc4c3c2)cc1. The zero-order valence-corrected chi connectivity index (χ0v) is 55.8. The molecule has 10 aromatic rings. The van der Waals surface area contributed by atoms with E-state index in [1.807, 2.05) is 0 Å². The largest absolute Gasteiger partial charge is 0.468 e. The third-order valence-corrected chi connectivity index (χ3v) is 22.5. The molecule has 448 valence electrons. The second-order valence-corrected chi connectivity index (χ2v) is 33.4. The summed E-state index contributed by atoms with van der Waals surface area (Å²) in [7, 11) is 0. The van der Waals surface area contributed by atoms with E-state index >= 15 is 0 Å². The van der Waals surface area contributed by atoms with Crippen LogP contribution in [0.25, 0.3) is 32.9 Å². The monoisotopic (exact) mass is 1160 g/mol. The lowest BCUT2D eigenvalue weighted by Crippen LogP contribution is -2.61. The lowest BCUT2D eigenvalue weighted by Gasteiger charge is -2.47. The Bertz CT molecular complexity index is 4560. The average molecular weight is 1160 g/mol. The lowest BCUT2D eigenvalue weighted by atomic mass is 9.35. The Kier molecular flexibility index (Phi) is 12.0. The highest BCUT2D eigenvalue weighted by Gasteiger charge is 2.51. The van der Waals surface area contributed by atoms with Crippen LogP contribution in [0.5, 0.6) is 0 Å². The molecule has 0 radical (unpaired) electrons. The lowest BCUT2D eigenvalue weighted by molar-refractivity contribution is 0.332. The molecule has 0 saturated heterocycles. The van der Waals surface area contributed by atoms with Gasteiger partial charge in [-0.3, -0.25) is 0 Å². The highest BCUT2D eigenvalue weighted by molar-refractivity contribution is 7.00. The highest BCUT2D eigenvalue weighted by Crippen LogP contribution is 2.56. The van der Waals surface area contributed by atoms with Crippen molar-refractivity contribution in [2.24, 2.45) is 0 Å².